The predicted molar refractivity (Wildman–Crippen MR) is 92.7 cm³/mol. The van der Waals surface area contributed by atoms with Crippen LogP contribution in [0.15, 0.2) is 35.3 Å². The third-order valence-corrected chi connectivity index (χ3v) is 4.37. The molecule has 24 heavy (non-hydrogen) atoms. The van der Waals surface area contributed by atoms with Gasteiger partial charge in [-0.2, -0.15) is 0 Å². The Morgan fingerprint density at radius 1 is 1.25 bits per heavy atom. The van der Waals surface area contributed by atoms with Gasteiger partial charge in [-0.15, -0.1) is 0 Å². The Morgan fingerprint density at radius 3 is 2.62 bits per heavy atom. The number of anilines is 1. The van der Waals surface area contributed by atoms with Crippen molar-refractivity contribution >= 4 is 23.5 Å². The Balaban J connectivity index is 1.67. The average Bonchev–Trinajstić information content (AvgIpc) is 2.62. The smallest absolute Gasteiger partial charge is 0.249 e. The van der Waals surface area contributed by atoms with Crippen molar-refractivity contribution in [2.45, 2.75) is 19.4 Å². The lowest BCUT2D eigenvalue weighted by Crippen LogP contribution is -2.56. The molecule has 0 saturated carbocycles. The molecule has 2 heterocycles. The molecular weight excluding hydrogens is 306 g/mol. The molecule has 0 unspecified atom stereocenters. The van der Waals surface area contributed by atoms with E-state index in [2.05, 4.69) is 27.4 Å². The number of para-hydroxylation sites is 1. The summed E-state index contributed by atoms with van der Waals surface area (Å²) in [5.74, 6) is 0.113. The SMILES string of the molecule is CCN1CCN(C2=N[C@H](C(=O)Nc3ccccc3)CC(=O)N2)CC1. The van der Waals surface area contributed by atoms with Crippen LogP contribution in [0.25, 0.3) is 0 Å². The van der Waals surface area contributed by atoms with Crippen LogP contribution in [0.5, 0.6) is 0 Å². The van der Waals surface area contributed by atoms with Gasteiger partial charge in [-0.25, -0.2) is 4.99 Å². The maximum absolute atomic E-state index is 12.4. The fraction of sp³-hybridized carbons (Fsp3) is 0.471. The molecule has 1 fully saturated rings. The summed E-state index contributed by atoms with van der Waals surface area (Å²) in [5.41, 5.74) is 0.710. The first-order valence-corrected chi connectivity index (χ1v) is 8.36. The van der Waals surface area contributed by atoms with Crippen LogP contribution in [0.3, 0.4) is 0 Å². The molecule has 128 valence electrons. The maximum atomic E-state index is 12.4. The molecule has 1 aromatic carbocycles. The van der Waals surface area contributed by atoms with Gasteiger partial charge in [0.2, 0.25) is 17.8 Å². The molecule has 2 aliphatic rings. The van der Waals surface area contributed by atoms with E-state index >= 15 is 0 Å². The zero-order valence-electron chi connectivity index (χ0n) is 13.9. The maximum Gasteiger partial charge on any atom is 0.249 e. The number of piperazine rings is 1. The van der Waals surface area contributed by atoms with Crippen LogP contribution < -0.4 is 10.6 Å². The van der Waals surface area contributed by atoms with Crippen LogP contribution in [-0.4, -0.2) is 66.3 Å². The number of hydrogen-bond acceptors (Lipinski definition) is 5. The molecule has 2 aliphatic heterocycles. The Bertz CT molecular complexity index is 623. The first kappa shape index (κ1) is 16.4. The van der Waals surface area contributed by atoms with E-state index < -0.39 is 6.04 Å². The van der Waals surface area contributed by atoms with Gasteiger partial charge in [-0.1, -0.05) is 25.1 Å². The Kier molecular flexibility index (Phi) is 5.10. The number of amides is 2. The quantitative estimate of drug-likeness (QED) is 0.847. The van der Waals surface area contributed by atoms with Crippen LogP contribution >= 0.6 is 0 Å². The zero-order chi connectivity index (χ0) is 16.9. The van der Waals surface area contributed by atoms with Crippen molar-refractivity contribution in [2.24, 2.45) is 4.99 Å². The highest BCUT2D eigenvalue weighted by Crippen LogP contribution is 2.12. The van der Waals surface area contributed by atoms with E-state index in [0.717, 1.165) is 32.7 Å². The number of aliphatic imine (C=N–C) groups is 1. The van der Waals surface area contributed by atoms with Gasteiger partial charge in [0, 0.05) is 31.9 Å². The Morgan fingerprint density at radius 2 is 1.96 bits per heavy atom. The standard InChI is InChI=1S/C17H23N5O2/c1-2-21-8-10-22(11-9-21)17-19-14(12-15(23)20-17)16(24)18-13-6-4-3-5-7-13/h3-7,14H,2,8-12H2,1H3,(H,18,24)(H,19,20,23)/t14-/m0/s1. The van der Waals surface area contributed by atoms with Gasteiger partial charge in [0.1, 0.15) is 6.04 Å². The molecule has 0 bridgehead atoms. The lowest BCUT2D eigenvalue weighted by Gasteiger charge is -2.37. The third-order valence-electron chi connectivity index (χ3n) is 4.37. The van der Waals surface area contributed by atoms with Crippen LogP contribution in [0.2, 0.25) is 0 Å². The lowest BCUT2D eigenvalue weighted by atomic mass is 10.1. The van der Waals surface area contributed by atoms with Crippen LogP contribution in [-0.2, 0) is 9.59 Å². The number of carbonyl (C=O) groups is 2. The van der Waals surface area contributed by atoms with E-state index in [1.807, 2.05) is 35.2 Å². The van der Waals surface area contributed by atoms with Gasteiger partial charge in [-0.3, -0.25) is 14.9 Å². The van der Waals surface area contributed by atoms with E-state index in [4.69, 9.17) is 0 Å². The highest BCUT2D eigenvalue weighted by Gasteiger charge is 2.30. The minimum absolute atomic E-state index is 0.0804. The number of likely N-dealkylation sites (N-methyl/N-ethyl adjacent to an activating group) is 1. The summed E-state index contributed by atoms with van der Waals surface area (Å²) in [7, 11) is 0. The Hall–Kier alpha value is -2.41. The van der Waals surface area contributed by atoms with Crippen molar-refractivity contribution in [3.05, 3.63) is 30.3 Å². The molecule has 2 N–H and O–H groups in total. The van der Waals surface area contributed by atoms with Crippen LogP contribution in [0.4, 0.5) is 5.69 Å². The minimum atomic E-state index is -0.682. The van der Waals surface area contributed by atoms with Gasteiger partial charge in [0.15, 0.2) is 0 Å². The molecule has 0 aliphatic carbocycles. The molecule has 1 saturated heterocycles. The summed E-state index contributed by atoms with van der Waals surface area (Å²) in [6, 6.07) is 8.54. The van der Waals surface area contributed by atoms with E-state index in [1.165, 1.54) is 0 Å². The second kappa shape index (κ2) is 7.44. The van der Waals surface area contributed by atoms with Gasteiger partial charge in [-0.05, 0) is 18.7 Å². The molecule has 0 spiro atoms. The molecule has 7 heteroatoms. The predicted octanol–water partition coefficient (Wildman–Crippen LogP) is 0.507. The molecule has 0 aromatic heterocycles. The first-order chi connectivity index (χ1) is 11.7. The minimum Gasteiger partial charge on any atom is -0.340 e. The molecule has 7 nitrogen and oxygen atoms in total. The van der Waals surface area contributed by atoms with Gasteiger partial charge in [0.25, 0.3) is 0 Å². The second-order valence-electron chi connectivity index (χ2n) is 6.00. The average molecular weight is 329 g/mol. The van der Waals surface area contributed by atoms with Gasteiger partial charge < -0.3 is 15.1 Å². The largest absolute Gasteiger partial charge is 0.340 e. The van der Waals surface area contributed by atoms with E-state index in [1.54, 1.807) is 0 Å². The fourth-order valence-electron chi connectivity index (χ4n) is 2.91. The van der Waals surface area contributed by atoms with Crippen LogP contribution in [0, 0.1) is 0 Å². The zero-order valence-corrected chi connectivity index (χ0v) is 13.9. The molecule has 0 radical (unpaired) electrons. The normalized spacial score (nSPS) is 21.9. The number of benzene rings is 1. The van der Waals surface area contributed by atoms with Crippen LogP contribution in [0.1, 0.15) is 13.3 Å². The molecular formula is C17H23N5O2. The molecule has 2 amide bonds. The summed E-state index contributed by atoms with van der Waals surface area (Å²) in [4.78, 5) is 33.3. The number of hydrogen-bond donors (Lipinski definition) is 2. The summed E-state index contributed by atoms with van der Waals surface area (Å²) < 4.78 is 0. The summed E-state index contributed by atoms with van der Waals surface area (Å²) in [6.45, 7) is 6.65. The molecule has 1 atom stereocenters. The highest BCUT2D eigenvalue weighted by atomic mass is 16.2. The van der Waals surface area contributed by atoms with E-state index in [-0.39, 0.29) is 18.2 Å². The van der Waals surface area contributed by atoms with Gasteiger partial charge >= 0.3 is 0 Å². The number of nitrogens with one attached hydrogen (secondary N) is 2. The summed E-state index contributed by atoms with van der Waals surface area (Å²) >= 11 is 0. The van der Waals surface area contributed by atoms with Crippen molar-refractivity contribution < 1.29 is 9.59 Å². The van der Waals surface area contributed by atoms with Crippen molar-refractivity contribution in [1.82, 2.24) is 15.1 Å². The Labute approximate surface area is 141 Å². The monoisotopic (exact) mass is 329 g/mol. The number of nitrogens with zero attached hydrogens (tertiary/aromatic N) is 3. The number of rotatable bonds is 3. The third kappa shape index (κ3) is 3.91. The number of carbonyl (C=O) groups excluding carboxylic acids is 2. The van der Waals surface area contributed by atoms with Gasteiger partial charge in [0.05, 0.1) is 6.42 Å². The molecule has 1 aromatic rings. The van der Waals surface area contributed by atoms with E-state index in [9.17, 15) is 9.59 Å². The van der Waals surface area contributed by atoms with E-state index in [0.29, 0.717) is 11.6 Å². The fourth-order valence-corrected chi connectivity index (χ4v) is 2.91. The first-order valence-electron chi connectivity index (χ1n) is 8.36. The summed E-state index contributed by atoms with van der Waals surface area (Å²) in [6.07, 6.45) is 0.0804. The van der Waals surface area contributed by atoms with Crippen molar-refractivity contribution in [3.8, 4) is 0 Å². The number of guanidine groups is 1. The lowest BCUT2D eigenvalue weighted by molar-refractivity contribution is -0.125. The summed E-state index contributed by atoms with van der Waals surface area (Å²) in [5, 5.41) is 5.63. The van der Waals surface area contributed by atoms with Crippen molar-refractivity contribution in [1.29, 1.82) is 0 Å². The van der Waals surface area contributed by atoms with Crippen molar-refractivity contribution in [3.63, 3.8) is 0 Å². The molecule has 3 rings (SSSR count). The topological polar surface area (TPSA) is 77.0 Å². The second-order valence-corrected chi connectivity index (χ2v) is 6.00. The van der Waals surface area contributed by atoms with Crippen molar-refractivity contribution in [2.75, 3.05) is 38.0 Å². The highest BCUT2D eigenvalue weighted by molar-refractivity contribution is 6.05.